The minimum Gasteiger partial charge on any atom is -0.381 e. The molecule has 5 nitrogen and oxygen atoms in total. The molecular formula is C19H23F3N4OS. The van der Waals surface area contributed by atoms with Crippen LogP contribution in [0.15, 0.2) is 12.4 Å². The lowest BCUT2D eigenvalue weighted by molar-refractivity contribution is -0.126. The summed E-state index contributed by atoms with van der Waals surface area (Å²) in [4.78, 5) is 14.2. The van der Waals surface area contributed by atoms with Gasteiger partial charge in [-0.1, -0.05) is 0 Å². The molecule has 0 unspecified atom stereocenters. The second kappa shape index (κ2) is 6.81. The molecule has 2 aromatic heterocycles. The number of anilines is 1. The third kappa shape index (κ3) is 3.59. The SMILES string of the molecule is FC(F)(F)Cc1cc2c(N3CC4(CN(CC5CCOCC5)C4)C3)ncnc2s1. The van der Waals surface area contributed by atoms with E-state index in [9.17, 15) is 13.2 Å². The van der Waals surface area contributed by atoms with Crippen molar-refractivity contribution < 1.29 is 17.9 Å². The van der Waals surface area contributed by atoms with Gasteiger partial charge in [-0.2, -0.15) is 13.2 Å². The molecule has 9 heteroatoms. The summed E-state index contributed by atoms with van der Waals surface area (Å²) in [5, 5.41) is 0.750. The third-order valence-electron chi connectivity index (χ3n) is 6.06. The summed E-state index contributed by atoms with van der Waals surface area (Å²) >= 11 is 1.11. The van der Waals surface area contributed by atoms with Crippen molar-refractivity contribution >= 4 is 27.4 Å². The first kappa shape index (κ1) is 18.6. The van der Waals surface area contributed by atoms with Gasteiger partial charge in [0.15, 0.2) is 0 Å². The van der Waals surface area contributed by atoms with Crippen LogP contribution >= 0.6 is 11.3 Å². The monoisotopic (exact) mass is 412 g/mol. The average molecular weight is 412 g/mol. The Morgan fingerprint density at radius 1 is 1.14 bits per heavy atom. The zero-order valence-corrected chi connectivity index (χ0v) is 16.4. The van der Waals surface area contributed by atoms with Crippen LogP contribution in [0.5, 0.6) is 0 Å². The summed E-state index contributed by atoms with van der Waals surface area (Å²) < 4.78 is 43.6. The summed E-state index contributed by atoms with van der Waals surface area (Å²) in [6, 6.07) is 1.62. The number of halogens is 3. The topological polar surface area (TPSA) is 41.5 Å². The second-order valence-corrected chi connectivity index (χ2v) is 9.62. The van der Waals surface area contributed by atoms with Gasteiger partial charge in [-0.05, 0) is 24.8 Å². The van der Waals surface area contributed by atoms with Gasteiger partial charge in [0, 0.05) is 56.2 Å². The van der Waals surface area contributed by atoms with Gasteiger partial charge < -0.3 is 14.5 Å². The van der Waals surface area contributed by atoms with E-state index in [2.05, 4.69) is 19.8 Å². The maximum absolute atomic E-state index is 12.7. The Kier molecular flexibility index (Phi) is 4.52. The van der Waals surface area contributed by atoms with Crippen LogP contribution in [0.3, 0.4) is 0 Å². The van der Waals surface area contributed by atoms with Crippen LogP contribution in [0, 0.1) is 11.3 Å². The number of hydrogen-bond acceptors (Lipinski definition) is 6. The molecule has 0 N–H and O–H groups in total. The van der Waals surface area contributed by atoms with Crippen LogP contribution in [0.4, 0.5) is 19.0 Å². The first-order valence-electron chi connectivity index (χ1n) is 9.74. The number of aromatic nitrogens is 2. The number of fused-ring (bicyclic) bond motifs is 1. The molecule has 0 radical (unpaired) electrons. The molecule has 0 atom stereocenters. The van der Waals surface area contributed by atoms with E-state index in [1.165, 1.54) is 6.33 Å². The van der Waals surface area contributed by atoms with E-state index in [1.54, 1.807) is 6.07 Å². The molecule has 2 aromatic rings. The van der Waals surface area contributed by atoms with Gasteiger partial charge in [-0.3, -0.25) is 0 Å². The summed E-state index contributed by atoms with van der Waals surface area (Å²) in [5.41, 5.74) is 0.327. The second-order valence-electron chi connectivity index (χ2n) is 8.50. The minimum absolute atomic E-state index is 0.297. The average Bonchev–Trinajstić information content (AvgIpc) is 2.97. The highest BCUT2D eigenvalue weighted by Gasteiger charge is 2.52. The van der Waals surface area contributed by atoms with Gasteiger partial charge in [0.25, 0.3) is 0 Å². The molecule has 3 aliphatic rings. The van der Waals surface area contributed by atoms with E-state index < -0.39 is 12.6 Å². The number of alkyl halides is 3. The lowest BCUT2D eigenvalue weighted by Gasteiger charge is -2.61. The van der Waals surface area contributed by atoms with Gasteiger partial charge in [-0.25, -0.2) is 9.97 Å². The van der Waals surface area contributed by atoms with Crippen LogP contribution < -0.4 is 4.90 Å². The van der Waals surface area contributed by atoms with E-state index in [4.69, 9.17) is 4.74 Å². The molecule has 0 saturated carbocycles. The van der Waals surface area contributed by atoms with Crippen LogP contribution in [-0.4, -0.2) is 67.0 Å². The fourth-order valence-corrected chi connectivity index (χ4v) is 5.89. The van der Waals surface area contributed by atoms with Crippen LogP contribution in [0.1, 0.15) is 17.7 Å². The Balaban J connectivity index is 1.21. The summed E-state index contributed by atoms with van der Waals surface area (Å²) in [7, 11) is 0. The van der Waals surface area contributed by atoms with Crippen molar-refractivity contribution in [2.75, 3.05) is 50.8 Å². The molecule has 0 bridgehead atoms. The minimum atomic E-state index is -4.20. The van der Waals surface area contributed by atoms with E-state index >= 15 is 0 Å². The Hall–Kier alpha value is -1.45. The smallest absolute Gasteiger partial charge is 0.381 e. The van der Waals surface area contributed by atoms with Crippen LogP contribution in [0.2, 0.25) is 0 Å². The molecule has 152 valence electrons. The van der Waals surface area contributed by atoms with E-state index in [-0.39, 0.29) is 0 Å². The van der Waals surface area contributed by atoms with Crippen molar-refractivity contribution in [1.82, 2.24) is 14.9 Å². The Bertz CT molecular complexity index is 850. The Morgan fingerprint density at radius 3 is 2.61 bits per heavy atom. The summed E-state index contributed by atoms with van der Waals surface area (Å²) in [6.07, 6.45) is -1.32. The molecule has 0 aromatic carbocycles. The maximum atomic E-state index is 12.7. The molecule has 0 aliphatic carbocycles. The highest BCUT2D eigenvalue weighted by Crippen LogP contribution is 2.44. The Morgan fingerprint density at radius 2 is 1.89 bits per heavy atom. The number of thiophene rings is 1. The highest BCUT2D eigenvalue weighted by molar-refractivity contribution is 7.18. The van der Waals surface area contributed by atoms with Gasteiger partial charge in [-0.15, -0.1) is 11.3 Å². The van der Waals surface area contributed by atoms with Crippen molar-refractivity contribution in [3.8, 4) is 0 Å². The van der Waals surface area contributed by atoms with Crippen molar-refractivity contribution in [2.45, 2.75) is 25.4 Å². The molecule has 3 fully saturated rings. The number of ether oxygens (including phenoxy) is 1. The first-order valence-corrected chi connectivity index (χ1v) is 10.6. The molecule has 5 heterocycles. The van der Waals surface area contributed by atoms with E-state index in [0.29, 0.717) is 15.1 Å². The summed E-state index contributed by atoms with van der Waals surface area (Å²) in [6.45, 7) is 7.00. The molecule has 0 amide bonds. The molecule has 1 spiro atoms. The molecular weight excluding hydrogens is 389 g/mol. The van der Waals surface area contributed by atoms with Crippen molar-refractivity contribution in [2.24, 2.45) is 11.3 Å². The van der Waals surface area contributed by atoms with Gasteiger partial charge >= 0.3 is 6.18 Å². The van der Waals surface area contributed by atoms with Crippen molar-refractivity contribution in [1.29, 1.82) is 0 Å². The van der Waals surface area contributed by atoms with E-state index in [0.717, 1.165) is 87.2 Å². The van der Waals surface area contributed by atoms with Gasteiger partial charge in [0.1, 0.15) is 17.0 Å². The maximum Gasteiger partial charge on any atom is 0.393 e. The zero-order chi connectivity index (χ0) is 19.4. The van der Waals surface area contributed by atoms with E-state index in [1.807, 2.05) is 0 Å². The molecule has 5 rings (SSSR count). The predicted octanol–water partition coefficient (Wildman–Crippen LogP) is 3.34. The quantitative estimate of drug-likeness (QED) is 0.771. The van der Waals surface area contributed by atoms with Gasteiger partial charge in [0.05, 0.1) is 11.8 Å². The number of nitrogens with zero attached hydrogens (tertiary/aromatic N) is 4. The number of rotatable bonds is 4. The predicted molar refractivity (Wildman–Crippen MR) is 102 cm³/mol. The zero-order valence-electron chi connectivity index (χ0n) is 15.5. The van der Waals surface area contributed by atoms with Crippen molar-refractivity contribution in [3.63, 3.8) is 0 Å². The molecule has 28 heavy (non-hydrogen) atoms. The number of likely N-dealkylation sites (tertiary alicyclic amines) is 1. The lowest BCUT2D eigenvalue weighted by Crippen LogP contribution is -2.72. The highest BCUT2D eigenvalue weighted by atomic mass is 32.1. The fraction of sp³-hybridized carbons (Fsp3) is 0.684. The largest absolute Gasteiger partial charge is 0.393 e. The van der Waals surface area contributed by atoms with Crippen LogP contribution in [-0.2, 0) is 11.2 Å². The summed E-state index contributed by atoms with van der Waals surface area (Å²) in [5.74, 6) is 1.53. The van der Waals surface area contributed by atoms with Crippen molar-refractivity contribution in [3.05, 3.63) is 17.3 Å². The van der Waals surface area contributed by atoms with Gasteiger partial charge in [0.2, 0.25) is 0 Å². The van der Waals surface area contributed by atoms with Crippen LogP contribution in [0.25, 0.3) is 10.2 Å². The number of hydrogen-bond donors (Lipinski definition) is 0. The fourth-order valence-electron chi connectivity index (χ4n) is 4.87. The standard InChI is InChI=1S/C19H23F3N4OS/c20-19(21,22)6-14-5-15-16(23-12-24-17(15)28-14)26-10-18(11-26)8-25(9-18)7-13-1-3-27-4-2-13/h5,12-13H,1-4,6-11H2. The molecule has 3 saturated heterocycles. The molecule has 3 aliphatic heterocycles. The third-order valence-corrected chi connectivity index (χ3v) is 7.10. The lowest BCUT2D eigenvalue weighted by atomic mass is 9.72. The normalized spacial score (nSPS) is 23.2. The Labute approximate surface area is 165 Å². The first-order chi connectivity index (χ1) is 13.4.